The number of benzene rings is 1. The molecule has 0 aliphatic carbocycles. The SMILES string of the molecule is CC(C)CC(Oc1cccc(C(=N)N)c1)C(=O)O. The van der Waals surface area contributed by atoms with Gasteiger partial charge in [-0.15, -0.1) is 0 Å². The molecule has 0 aliphatic rings. The summed E-state index contributed by atoms with van der Waals surface area (Å²) in [5.74, 6) is -0.425. The highest BCUT2D eigenvalue weighted by atomic mass is 16.5. The number of carboxylic acid groups (broad SMARTS) is 1. The molecule has 4 N–H and O–H groups in total. The third-order valence-corrected chi connectivity index (χ3v) is 2.38. The molecule has 98 valence electrons. The van der Waals surface area contributed by atoms with Crippen LogP contribution in [0.1, 0.15) is 25.8 Å². The molecular formula is C13H18N2O3. The van der Waals surface area contributed by atoms with Gasteiger partial charge in [0.2, 0.25) is 0 Å². The van der Waals surface area contributed by atoms with Gasteiger partial charge >= 0.3 is 5.97 Å². The Morgan fingerprint density at radius 3 is 2.67 bits per heavy atom. The second-order valence-corrected chi connectivity index (χ2v) is 4.52. The second kappa shape index (κ2) is 6.05. The molecular weight excluding hydrogens is 232 g/mol. The largest absolute Gasteiger partial charge is 0.479 e. The van der Waals surface area contributed by atoms with Crippen LogP contribution < -0.4 is 10.5 Å². The Balaban J connectivity index is 2.83. The van der Waals surface area contributed by atoms with Crippen LogP contribution >= 0.6 is 0 Å². The third-order valence-electron chi connectivity index (χ3n) is 2.38. The van der Waals surface area contributed by atoms with Gasteiger partial charge in [-0.1, -0.05) is 26.0 Å². The maximum Gasteiger partial charge on any atom is 0.344 e. The Bertz CT molecular complexity index is 444. The lowest BCUT2D eigenvalue weighted by Gasteiger charge is -2.17. The van der Waals surface area contributed by atoms with Crippen LogP contribution in [0, 0.1) is 11.3 Å². The maximum atomic E-state index is 11.1. The average Bonchev–Trinajstić information content (AvgIpc) is 2.27. The van der Waals surface area contributed by atoms with Crippen molar-refractivity contribution in [2.75, 3.05) is 0 Å². The van der Waals surface area contributed by atoms with Crippen molar-refractivity contribution in [2.45, 2.75) is 26.4 Å². The molecule has 1 rings (SSSR count). The summed E-state index contributed by atoms with van der Waals surface area (Å²) in [7, 11) is 0. The molecule has 1 atom stereocenters. The van der Waals surface area contributed by atoms with Crippen molar-refractivity contribution in [1.82, 2.24) is 0 Å². The molecule has 0 saturated heterocycles. The van der Waals surface area contributed by atoms with Crippen LogP contribution in [0.15, 0.2) is 24.3 Å². The van der Waals surface area contributed by atoms with E-state index < -0.39 is 12.1 Å². The Morgan fingerprint density at radius 2 is 2.17 bits per heavy atom. The lowest BCUT2D eigenvalue weighted by atomic mass is 10.1. The van der Waals surface area contributed by atoms with Crippen molar-refractivity contribution < 1.29 is 14.6 Å². The van der Waals surface area contributed by atoms with Gasteiger partial charge in [0, 0.05) is 5.56 Å². The van der Waals surface area contributed by atoms with Crippen molar-refractivity contribution >= 4 is 11.8 Å². The van der Waals surface area contributed by atoms with Gasteiger partial charge in [0.05, 0.1) is 0 Å². The topological polar surface area (TPSA) is 96.4 Å². The summed E-state index contributed by atoms with van der Waals surface area (Å²) in [6.07, 6.45) is -0.452. The smallest absolute Gasteiger partial charge is 0.344 e. The van der Waals surface area contributed by atoms with Gasteiger partial charge in [0.25, 0.3) is 0 Å². The molecule has 0 saturated carbocycles. The van der Waals surface area contributed by atoms with E-state index in [0.29, 0.717) is 17.7 Å². The summed E-state index contributed by atoms with van der Waals surface area (Å²) in [6, 6.07) is 6.58. The number of nitrogens with one attached hydrogen (secondary N) is 1. The molecule has 18 heavy (non-hydrogen) atoms. The number of aliphatic carboxylic acids is 1. The van der Waals surface area contributed by atoms with E-state index in [9.17, 15) is 4.79 Å². The summed E-state index contributed by atoms with van der Waals surface area (Å²) >= 11 is 0. The first-order valence-electron chi connectivity index (χ1n) is 5.74. The lowest BCUT2D eigenvalue weighted by Crippen LogP contribution is -2.28. The van der Waals surface area contributed by atoms with Gasteiger partial charge < -0.3 is 15.6 Å². The van der Waals surface area contributed by atoms with Crippen molar-refractivity contribution in [3.8, 4) is 5.75 Å². The zero-order chi connectivity index (χ0) is 13.7. The first-order valence-corrected chi connectivity index (χ1v) is 5.74. The Kier molecular flexibility index (Phi) is 4.71. The van der Waals surface area contributed by atoms with E-state index in [-0.39, 0.29) is 11.8 Å². The van der Waals surface area contributed by atoms with Gasteiger partial charge in [0.15, 0.2) is 6.10 Å². The van der Waals surface area contributed by atoms with Gasteiger partial charge in [-0.25, -0.2) is 4.79 Å². The van der Waals surface area contributed by atoms with E-state index >= 15 is 0 Å². The standard InChI is InChI=1S/C13H18N2O3/c1-8(2)6-11(13(16)17)18-10-5-3-4-9(7-10)12(14)15/h3-5,7-8,11H,6H2,1-2H3,(H3,14,15)(H,16,17). The predicted octanol–water partition coefficient (Wildman–Crippen LogP) is 1.85. The molecule has 0 aromatic heterocycles. The molecule has 5 heteroatoms. The third kappa shape index (κ3) is 4.08. The molecule has 0 heterocycles. The maximum absolute atomic E-state index is 11.1. The fraction of sp³-hybridized carbons (Fsp3) is 0.385. The predicted molar refractivity (Wildman–Crippen MR) is 69.0 cm³/mol. The summed E-state index contributed by atoms with van der Waals surface area (Å²) in [6.45, 7) is 3.87. The molecule has 1 aromatic rings. The highest BCUT2D eigenvalue weighted by molar-refractivity contribution is 5.95. The average molecular weight is 250 g/mol. The van der Waals surface area contributed by atoms with E-state index in [2.05, 4.69) is 0 Å². The fourth-order valence-electron chi connectivity index (χ4n) is 1.53. The molecule has 0 spiro atoms. The van der Waals surface area contributed by atoms with E-state index in [1.807, 2.05) is 13.8 Å². The first-order chi connectivity index (χ1) is 8.40. The van der Waals surface area contributed by atoms with Gasteiger partial charge in [-0.2, -0.15) is 0 Å². The summed E-state index contributed by atoms with van der Waals surface area (Å²) < 4.78 is 5.43. The van der Waals surface area contributed by atoms with Gasteiger partial charge in [-0.05, 0) is 24.5 Å². The number of amidine groups is 1. The first kappa shape index (κ1) is 14.0. The highest BCUT2D eigenvalue weighted by Crippen LogP contribution is 2.18. The Hall–Kier alpha value is -2.04. The molecule has 0 bridgehead atoms. The Labute approximate surface area is 106 Å². The van der Waals surface area contributed by atoms with Crippen molar-refractivity contribution in [3.05, 3.63) is 29.8 Å². The number of ether oxygens (including phenoxy) is 1. The highest BCUT2D eigenvalue weighted by Gasteiger charge is 2.20. The molecule has 1 unspecified atom stereocenters. The number of nitrogen functional groups attached to an aromatic ring is 1. The molecule has 0 aliphatic heterocycles. The minimum Gasteiger partial charge on any atom is -0.479 e. The Morgan fingerprint density at radius 1 is 1.50 bits per heavy atom. The number of carboxylic acids is 1. The van der Waals surface area contributed by atoms with Crippen molar-refractivity contribution in [2.24, 2.45) is 11.7 Å². The molecule has 0 radical (unpaired) electrons. The van der Waals surface area contributed by atoms with E-state index in [1.54, 1.807) is 24.3 Å². The fourth-order valence-corrected chi connectivity index (χ4v) is 1.53. The summed E-state index contributed by atoms with van der Waals surface area (Å²) in [4.78, 5) is 11.1. The minimum atomic E-state index is -0.989. The molecule has 5 nitrogen and oxygen atoms in total. The van der Waals surface area contributed by atoms with Gasteiger partial charge in [-0.3, -0.25) is 5.41 Å². The quantitative estimate of drug-likeness (QED) is 0.530. The van der Waals surface area contributed by atoms with Crippen LogP contribution in [0.5, 0.6) is 5.75 Å². The minimum absolute atomic E-state index is 0.0730. The van der Waals surface area contributed by atoms with Crippen LogP contribution in [0.25, 0.3) is 0 Å². The number of carbonyl (C=O) groups is 1. The van der Waals surface area contributed by atoms with E-state index in [1.165, 1.54) is 0 Å². The summed E-state index contributed by atoms with van der Waals surface area (Å²) in [5, 5.41) is 16.4. The number of hydrogen-bond acceptors (Lipinski definition) is 3. The zero-order valence-electron chi connectivity index (χ0n) is 10.5. The molecule has 1 aromatic carbocycles. The molecule has 0 amide bonds. The second-order valence-electron chi connectivity index (χ2n) is 4.52. The van der Waals surface area contributed by atoms with Crippen molar-refractivity contribution in [1.29, 1.82) is 5.41 Å². The summed E-state index contributed by atoms with van der Waals surface area (Å²) in [5.41, 5.74) is 5.88. The number of rotatable bonds is 6. The van der Waals surface area contributed by atoms with Crippen LogP contribution in [0.3, 0.4) is 0 Å². The van der Waals surface area contributed by atoms with Crippen LogP contribution in [0.4, 0.5) is 0 Å². The molecule has 0 fully saturated rings. The van der Waals surface area contributed by atoms with E-state index in [0.717, 1.165) is 0 Å². The van der Waals surface area contributed by atoms with Crippen LogP contribution in [-0.4, -0.2) is 23.0 Å². The van der Waals surface area contributed by atoms with E-state index in [4.69, 9.17) is 21.0 Å². The van der Waals surface area contributed by atoms with Crippen molar-refractivity contribution in [3.63, 3.8) is 0 Å². The van der Waals surface area contributed by atoms with Crippen LogP contribution in [0.2, 0.25) is 0 Å². The normalized spacial score (nSPS) is 12.2. The zero-order valence-corrected chi connectivity index (χ0v) is 10.5. The monoisotopic (exact) mass is 250 g/mol. The van der Waals surface area contributed by atoms with Crippen LogP contribution in [-0.2, 0) is 4.79 Å². The lowest BCUT2D eigenvalue weighted by molar-refractivity contribution is -0.145. The number of hydrogen-bond donors (Lipinski definition) is 3. The number of nitrogens with two attached hydrogens (primary N) is 1. The van der Waals surface area contributed by atoms with Gasteiger partial charge in [0.1, 0.15) is 11.6 Å².